The molecule has 0 radical (unpaired) electrons. The second-order valence-electron chi connectivity index (χ2n) is 4.65. The highest BCUT2D eigenvalue weighted by molar-refractivity contribution is 5.28. The number of halogens is 3. The Morgan fingerprint density at radius 1 is 1.35 bits per heavy atom. The molecule has 0 aromatic carbocycles. The summed E-state index contributed by atoms with van der Waals surface area (Å²) >= 11 is 0. The molecular weight excluding hydrogens is 271 g/mol. The molecule has 0 aliphatic heterocycles. The minimum Gasteiger partial charge on any atom is -0.493 e. The van der Waals surface area contributed by atoms with Crippen LogP contribution in [0.1, 0.15) is 44.8 Å². The minimum atomic E-state index is -4.24. The van der Waals surface area contributed by atoms with Crippen LogP contribution in [0.4, 0.5) is 13.2 Å². The maximum absolute atomic E-state index is 12.8. The maximum Gasteiger partial charge on any atom is 0.390 e. The number of hydrogen-bond donors (Lipinski definition) is 1. The van der Waals surface area contributed by atoms with Crippen molar-refractivity contribution in [1.82, 2.24) is 15.1 Å². The Labute approximate surface area is 117 Å². The molecule has 7 heteroatoms. The van der Waals surface area contributed by atoms with Crippen LogP contribution in [0.15, 0.2) is 6.20 Å². The van der Waals surface area contributed by atoms with Gasteiger partial charge < -0.3 is 10.1 Å². The number of methoxy groups -OCH3 is 1. The van der Waals surface area contributed by atoms with Gasteiger partial charge in [-0.15, -0.1) is 0 Å². The lowest BCUT2D eigenvalue weighted by Gasteiger charge is -2.22. The van der Waals surface area contributed by atoms with Gasteiger partial charge >= 0.3 is 6.18 Å². The molecule has 0 saturated carbocycles. The van der Waals surface area contributed by atoms with Crippen molar-refractivity contribution in [2.24, 2.45) is 0 Å². The SMILES string of the molecule is CCCNC(CC(F)(F)F)c1c(OC)cnn1CCC. The van der Waals surface area contributed by atoms with Crippen LogP contribution in [0.3, 0.4) is 0 Å². The summed E-state index contributed by atoms with van der Waals surface area (Å²) in [5, 5.41) is 7.06. The van der Waals surface area contributed by atoms with Crippen molar-refractivity contribution in [2.75, 3.05) is 13.7 Å². The van der Waals surface area contributed by atoms with E-state index in [9.17, 15) is 13.2 Å². The van der Waals surface area contributed by atoms with Gasteiger partial charge in [0.05, 0.1) is 31.5 Å². The third-order valence-electron chi connectivity index (χ3n) is 2.91. The molecule has 0 saturated heterocycles. The molecule has 116 valence electrons. The average molecular weight is 293 g/mol. The van der Waals surface area contributed by atoms with Crippen LogP contribution in [0.5, 0.6) is 5.75 Å². The first kappa shape index (κ1) is 16.8. The van der Waals surface area contributed by atoms with E-state index in [1.807, 2.05) is 13.8 Å². The average Bonchev–Trinajstić information content (AvgIpc) is 2.76. The minimum absolute atomic E-state index is 0.399. The Balaban J connectivity index is 3.06. The van der Waals surface area contributed by atoms with Crippen molar-refractivity contribution < 1.29 is 17.9 Å². The van der Waals surface area contributed by atoms with E-state index in [-0.39, 0.29) is 0 Å². The zero-order valence-corrected chi connectivity index (χ0v) is 12.1. The van der Waals surface area contributed by atoms with Crippen LogP contribution in [0, 0.1) is 0 Å². The van der Waals surface area contributed by atoms with Gasteiger partial charge in [-0.3, -0.25) is 4.68 Å². The highest BCUT2D eigenvalue weighted by Crippen LogP contribution is 2.34. The number of ether oxygens (including phenoxy) is 1. The number of hydrogen-bond acceptors (Lipinski definition) is 3. The summed E-state index contributed by atoms with van der Waals surface area (Å²) in [5.41, 5.74) is 0.472. The summed E-state index contributed by atoms with van der Waals surface area (Å²) in [6.45, 7) is 4.95. The number of nitrogens with zero attached hydrogens (tertiary/aromatic N) is 2. The van der Waals surface area contributed by atoms with E-state index in [1.165, 1.54) is 13.3 Å². The molecule has 20 heavy (non-hydrogen) atoms. The fraction of sp³-hybridized carbons (Fsp3) is 0.769. The van der Waals surface area contributed by atoms with Crippen molar-refractivity contribution in [2.45, 2.75) is 51.9 Å². The van der Waals surface area contributed by atoms with Gasteiger partial charge in [0.25, 0.3) is 0 Å². The third-order valence-corrected chi connectivity index (χ3v) is 2.91. The molecule has 0 fully saturated rings. The predicted molar refractivity (Wildman–Crippen MR) is 70.8 cm³/mol. The summed E-state index contributed by atoms with van der Waals surface area (Å²) in [5.74, 6) is 0.399. The Bertz CT molecular complexity index is 404. The van der Waals surface area contributed by atoms with E-state index < -0.39 is 18.6 Å². The zero-order chi connectivity index (χ0) is 15.2. The molecule has 1 rings (SSSR count). The lowest BCUT2D eigenvalue weighted by atomic mass is 10.1. The number of alkyl halides is 3. The second-order valence-corrected chi connectivity index (χ2v) is 4.65. The Hall–Kier alpha value is -1.24. The van der Waals surface area contributed by atoms with Crippen molar-refractivity contribution in [3.8, 4) is 5.75 Å². The van der Waals surface area contributed by atoms with E-state index in [1.54, 1.807) is 4.68 Å². The lowest BCUT2D eigenvalue weighted by Crippen LogP contribution is -2.29. The summed E-state index contributed by atoms with van der Waals surface area (Å²) < 4.78 is 45.1. The molecule has 1 N–H and O–H groups in total. The van der Waals surface area contributed by atoms with Crippen LogP contribution < -0.4 is 10.1 Å². The first-order chi connectivity index (χ1) is 9.42. The number of aryl methyl sites for hydroxylation is 1. The normalized spacial score (nSPS) is 13.5. The van der Waals surface area contributed by atoms with Crippen LogP contribution in [0.25, 0.3) is 0 Å². The Kier molecular flexibility index (Phi) is 6.32. The van der Waals surface area contributed by atoms with Gasteiger partial charge in [0.2, 0.25) is 0 Å². The highest BCUT2D eigenvalue weighted by Gasteiger charge is 2.35. The zero-order valence-electron chi connectivity index (χ0n) is 12.1. The Morgan fingerprint density at radius 3 is 2.55 bits per heavy atom. The molecule has 0 aliphatic rings. The number of aromatic nitrogens is 2. The van der Waals surface area contributed by atoms with Gasteiger partial charge in [0.15, 0.2) is 5.75 Å². The molecule has 1 aromatic rings. The van der Waals surface area contributed by atoms with E-state index in [0.29, 0.717) is 24.5 Å². The molecule has 1 atom stereocenters. The van der Waals surface area contributed by atoms with E-state index in [2.05, 4.69) is 10.4 Å². The van der Waals surface area contributed by atoms with Crippen LogP contribution in [-0.2, 0) is 6.54 Å². The first-order valence-electron chi connectivity index (χ1n) is 6.82. The predicted octanol–water partition coefficient (Wildman–Crippen LogP) is 3.29. The Morgan fingerprint density at radius 2 is 2.05 bits per heavy atom. The van der Waals surface area contributed by atoms with Gasteiger partial charge in [-0.05, 0) is 19.4 Å². The van der Waals surface area contributed by atoms with Gasteiger partial charge in [-0.25, -0.2) is 0 Å². The van der Waals surface area contributed by atoms with Crippen molar-refractivity contribution >= 4 is 0 Å². The smallest absolute Gasteiger partial charge is 0.390 e. The van der Waals surface area contributed by atoms with Crippen molar-refractivity contribution in [1.29, 1.82) is 0 Å². The summed E-state index contributed by atoms with van der Waals surface area (Å²) in [4.78, 5) is 0. The van der Waals surface area contributed by atoms with E-state index >= 15 is 0 Å². The molecule has 0 spiro atoms. The van der Waals surface area contributed by atoms with Gasteiger partial charge in [0.1, 0.15) is 0 Å². The third kappa shape index (κ3) is 4.70. The first-order valence-corrected chi connectivity index (χ1v) is 6.82. The summed E-state index contributed by atoms with van der Waals surface area (Å²) in [6, 6.07) is -0.834. The van der Waals surface area contributed by atoms with Crippen molar-refractivity contribution in [3.63, 3.8) is 0 Å². The van der Waals surface area contributed by atoms with E-state index in [4.69, 9.17) is 4.74 Å². The second kappa shape index (κ2) is 7.52. The molecule has 0 amide bonds. The van der Waals surface area contributed by atoms with E-state index in [0.717, 1.165) is 12.8 Å². The van der Waals surface area contributed by atoms with Gasteiger partial charge in [0, 0.05) is 6.54 Å². The molecular formula is C13H22F3N3O. The highest BCUT2D eigenvalue weighted by atomic mass is 19.4. The molecule has 1 heterocycles. The summed E-state index contributed by atoms with van der Waals surface area (Å²) in [7, 11) is 1.45. The molecule has 4 nitrogen and oxygen atoms in total. The number of nitrogens with one attached hydrogen (secondary N) is 1. The quantitative estimate of drug-likeness (QED) is 0.799. The molecule has 1 aromatic heterocycles. The largest absolute Gasteiger partial charge is 0.493 e. The monoisotopic (exact) mass is 293 g/mol. The summed E-state index contributed by atoms with van der Waals surface area (Å²) in [6.07, 6.45) is -2.14. The van der Waals surface area contributed by atoms with Crippen LogP contribution in [-0.4, -0.2) is 29.6 Å². The van der Waals surface area contributed by atoms with Crippen molar-refractivity contribution in [3.05, 3.63) is 11.9 Å². The molecule has 0 aliphatic carbocycles. The fourth-order valence-electron chi connectivity index (χ4n) is 2.09. The van der Waals surface area contributed by atoms with Gasteiger partial charge in [-0.2, -0.15) is 18.3 Å². The molecule has 0 bridgehead atoms. The topological polar surface area (TPSA) is 39.1 Å². The maximum atomic E-state index is 12.8. The van der Waals surface area contributed by atoms with Gasteiger partial charge in [-0.1, -0.05) is 13.8 Å². The molecule has 1 unspecified atom stereocenters. The standard InChI is InChI=1S/C13H22F3N3O/c1-4-6-17-10(8-13(14,15)16)12-11(20-3)9-18-19(12)7-5-2/h9-10,17H,4-8H2,1-3H3. The van der Waals surface area contributed by atoms with Crippen LogP contribution in [0.2, 0.25) is 0 Å². The lowest BCUT2D eigenvalue weighted by molar-refractivity contribution is -0.140. The number of rotatable bonds is 8. The fourth-order valence-corrected chi connectivity index (χ4v) is 2.09. The van der Waals surface area contributed by atoms with Crippen LogP contribution >= 0.6 is 0 Å².